The Labute approximate surface area is 131 Å². The third kappa shape index (κ3) is 4.50. The molecule has 2 unspecified atom stereocenters. The summed E-state index contributed by atoms with van der Waals surface area (Å²) in [6, 6.07) is 4.81. The molecule has 0 radical (unpaired) electrons. The molecule has 0 aliphatic carbocycles. The Kier molecular flexibility index (Phi) is 5.66. The van der Waals surface area contributed by atoms with Gasteiger partial charge in [0, 0.05) is 24.0 Å². The van der Waals surface area contributed by atoms with Crippen LogP contribution in [-0.4, -0.2) is 66.4 Å². The Hall–Kier alpha value is -0.460. The summed E-state index contributed by atoms with van der Waals surface area (Å²) in [5.74, 6) is 0. The van der Waals surface area contributed by atoms with Crippen LogP contribution in [0.4, 0.5) is 0 Å². The number of rotatable bonds is 7. The quantitative estimate of drug-likeness (QED) is 0.833. The Bertz CT molecular complexity index is 406. The number of likely N-dealkylation sites (tertiary alicyclic amines) is 2. The van der Waals surface area contributed by atoms with E-state index in [4.69, 9.17) is 4.74 Å². The molecule has 0 aromatic carbocycles. The first-order chi connectivity index (χ1) is 10.3. The second-order valence-electron chi connectivity index (χ2n) is 6.19. The van der Waals surface area contributed by atoms with Crippen molar-refractivity contribution in [3.05, 3.63) is 22.4 Å². The molecule has 21 heavy (non-hydrogen) atoms. The summed E-state index contributed by atoms with van der Waals surface area (Å²) < 4.78 is 5.60. The predicted octanol–water partition coefficient (Wildman–Crippen LogP) is 1.80. The molecule has 2 aliphatic heterocycles. The average Bonchev–Trinajstić information content (AvgIpc) is 3.21. The number of nitrogens with zero attached hydrogens (tertiary/aromatic N) is 2. The molecule has 0 amide bonds. The standard InChI is InChI=1S/C16H26N2O2S/c19-15(12-20-13-16-4-3-9-21-16)11-17-8-5-14(10-17)18-6-1-2-7-18/h3-4,9,14-15,19H,1-2,5-8,10-13H2. The van der Waals surface area contributed by atoms with E-state index in [9.17, 15) is 5.11 Å². The molecule has 3 heterocycles. The van der Waals surface area contributed by atoms with Gasteiger partial charge in [-0.25, -0.2) is 0 Å². The van der Waals surface area contributed by atoms with E-state index in [2.05, 4.69) is 21.2 Å². The summed E-state index contributed by atoms with van der Waals surface area (Å²) in [7, 11) is 0. The first kappa shape index (κ1) is 15.4. The Morgan fingerprint density at radius 1 is 1.33 bits per heavy atom. The Morgan fingerprint density at radius 3 is 2.95 bits per heavy atom. The number of thiophene rings is 1. The monoisotopic (exact) mass is 310 g/mol. The maximum Gasteiger partial charge on any atom is 0.0900 e. The van der Waals surface area contributed by atoms with Gasteiger partial charge < -0.3 is 9.84 Å². The Balaban J connectivity index is 1.32. The zero-order valence-electron chi connectivity index (χ0n) is 12.6. The van der Waals surface area contributed by atoms with Crippen LogP contribution in [0.25, 0.3) is 0 Å². The van der Waals surface area contributed by atoms with Crippen molar-refractivity contribution in [1.82, 2.24) is 9.80 Å². The van der Waals surface area contributed by atoms with E-state index in [0.29, 0.717) is 19.3 Å². The molecular weight excluding hydrogens is 284 g/mol. The largest absolute Gasteiger partial charge is 0.389 e. The normalized spacial score (nSPS) is 25.7. The van der Waals surface area contributed by atoms with Crippen LogP contribution in [-0.2, 0) is 11.3 Å². The maximum absolute atomic E-state index is 10.1. The summed E-state index contributed by atoms with van der Waals surface area (Å²) in [4.78, 5) is 6.24. The first-order valence-electron chi connectivity index (χ1n) is 8.06. The van der Waals surface area contributed by atoms with Gasteiger partial charge in [0.15, 0.2) is 0 Å². The minimum Gasteiger partial charge on any atom is -0.389 e. The minimum absolute atomic E-state index is 0.373. The van der Waals surface area contributed by atoms with E-state index < -0.39 is 0 Å². The van der Waals surface area contributed by atoms with Gasteiger partial charge in [0.1, 0.15) is 0 Å². The first-order valence-corrected chi connectivity index (χ1v) is 8.94. The number of aliphatic hydroxyl groups excluding tert-OH is 1. The van der Waals surface area contributed by atoms with E-state index in [-0.39, 0.29) is 6.10 Å². The van der Waals surface area contributed by atoms with Crippen molar-refractivity contribution in [2.45, 2.75) is 38.0 Å². The van der Waals surface area contributed by atoms with Gasteiger partial charge in [0.05, 0.1) is 19.3 Å². The number of β-amino-alcohol motifs (C(OH)–C–C–N with tert-alkyl or cyclic N) is 1. The summed E-state index contributed by atoms with van der Waals surface area (Å²) in [6.45, 7) is 6.56. The van der Waals surface area contributed by atoms with Crippen LogP contribution in [0.2, 0.25) is 0 Å². The second-order valence-corrected chi connectivity index (χ2v) is 7.23. The molecule has 2 atom stereocenters. The molecular formula is C16H26N2O2S. The van der Waals surface area contributed by atoms with E-state index in [1.54, 1.807) is 11.3 Å². The lowest BCUT2D eigenvalue weighted by atomic mass is 10.2. The number of ether oxygens (including phenoxy) is 1. The molecule has 2 saturated heterocycles. The third-order valence-corrected chi connectivity index (χ3v) is 5.36. The lowest BCUT2D eigenvalue weighted by Gasteiger charge is -2.24. The maximum atomic E-state index is 10.1. The molecule has 0 saturated carbocycles. The number of aliphatic hydroxyl groups is 1. The van der Waals surface area contributed by atoms with Crippen LogP contribution in [0.1, 0.15) is 24.1 Å². The van der Waals surface area contributed by atoms with Gasteiger partial charge in [-0.1, -0.05) is 6.07 Å². The molecule has 118 valence electrons. The molecule has 2 aliphatic rings. The van der Waals surface area contributed by atoms with Crippen LogP contribution in [0.15, 0.2) is 17.5 Å². The van der Waals surface area contributed by atoms with Crippen molar-refractivity contribution in [3.8, 4) is 0 Å². The van der Waals surface area contributed by atoms with Gasteiger partial charge in [-0.2, -0.15) is 0 Å². The van der Waals surface area contributed by atoms with Crippen molar-refractivity contribution in [2.75, 3.05) is 39.3 Å². The number of hydrogen-bond donors (Lipinski definition) is 1. The topological polar surface area (TPSA) is 35.9 Å². The zero-order valence-corrected chi connectivity index (χ0v) is 13.4. The SMILES string of the molecule is OC(COCc1cccs1)CN1CCC(N2CCCC2)C1. The molecule has 4 nitrogen and oxygen atoms in total. The fraction of sp³-hybridized carbons (Fsp3) is 0.750. The highest BCUT2D eigenvalue weighted by Crippen LogP contribution is 2.20. The lowest BCUT2D eigenvalue weighted by Crippen LogP contribution is -2.38. The fourth-order valence-electron chi connectivity index (χ4n) is 3.42. The molecule has 2 fully saturated rings. The van der Waals surface area contributed by atoms with Crippen LogP contribution in [0.3, 0.4) is 0 Å². The molecule has 1 aromatic rings. The van der Waals surface area contributed by atoms with Gasteiger partial charge >= 0.3 is 0 Å². The highest BCUT2D eigenvalue weighted by Gasteiger charge is 2.29. The third-order valence-electron chi connectivity index (χ3n) is 4.51. The molecule has 5 heteroatoms. The zero-order chi connectivity index (χ0) is 14.5. The van der Waals surface area contributed by atoms with Gasteiger partial charge in [0.2, 0.25) is 0 Å². The van der Waals surface area contributed by atoms with Crippen molar-refractivity contribution < 1.29 is 9.84 Å². The van der Waals surface area contributed by atoms with Crippen LogP contribution < -0.4 is 0 Å². The second kappa shape index (κ2) is 7.70. The molecule has 1 aromatic heterocycles. The van der Waals surface area contributed by atoms with Crippen molar-refractivity contribution in [2.24, 2.45) is 0 Å². The van der Waals surface area contributed by atoms with E-state index in [1.165, 1.54) is 37.2 Å². The van der Waals surface area contributed by atoms with E-state index >= 15 is 0 Å². The molecule has 3 rings (SSSR count). The van der Waals surface area contributed by atoms with Gasteiger partial charge in [-0.3, -0.25) is 9.80 Å². The van der Waals surface area contributed by atoms with Crippen LogP contribution in [0.5, 0.6) is 0 Å². The molecule has 0 bridgehead atoms. The average molecular weight is 310 g/mol. The van der Waals surface area contributed by atoms with Crippen molar-refractivity contribution in [3.63, 3.8) is 0 Å². The van der Waals surface area contributed by atoms with Gasteiger partial charge in [-0.15, -0.1) is 11.3 Å². The smallest absolute Gasteiger partial charge is 0.0900 e. The highest BCUT2D eigenvalue weighted by atomic mass is 32.1. The predicted molar refractivity (Wildman–Crippen MR) is 85.6 cm³/mol. The van der Waals surface area contributed by atoms with E-state index in [1.807, 2.05) is 6.07 Å². The van der Waals surface area contributed by atoms with Gasteiger partial charge in [-0.05, 0) is 50.3 Å². The van der Waals surface area contributed by atoms with Gasteiger partial charge in [0.25, 0.3) is 0 Å². The molecule has 1 N–H and O–H groups in total. The number of hydrogen-bond acceptors (Lipinski definition) is 5. The summed E-state index contributed by atoms with van der Waals surface area (Å²) in [5.41, 5.74) is 0. The summed E-state index contributed by atoms with van der Waals surface area (Å²) >= 11 is 1.70. The minimum atomic E-state index is -0.373. The summed E-state index contributed by atoms with van der Waals surface area (Å²) in [6.07, 6.45) is 3.59. The highest BCUT2D eigenvalue weighted by molar-refractivity contribution is 7.09. The Morgan fingerprint density at radius 2 is 2.19 bits per heavy atom. The van der Waals surface area contributed by atoms with Crippen molar-refractivity contribution >= 4 is 11.3 Å². The van der Waals surface area contributed by atoms with Crippen molar-refractivity contribution in [1.29, 1.82) is 0 Å². The van der Waals surface area contributed by atoms with Crippen LogP contribution >= 0.6 is 11.3 Å². The lowest BCUT2D eigenvalue weighted by molar-refractivity contribution is 0.0133. The summed E-state index contributed by atoms with van der Waals surface area (Å²) in [5, 5.41) is 12.2. The molecule has 0 spiro atoms. The van der Waals surface area contributed by atoms with Crippen LogP contribution in [0, 0.1) is 0 Å². The van der Waals surface area contributed by atoms with E-state index in [0.717, 1.165) is 19.6 Å². The fourth-order valence-corrected chi connectivity index (χ4v) is 4.06.